The van der Waals surface area contributed by atoms with Crippen molar-refractivity contribution in [2.45, 2.75) is 44.2 Å². The number of carbonyl (C=O) groups excluding carboxylic acids is 1. The Morgan fingerprint density at radius 3 is 2.95 bits per heavy atom. The summed E-state index contributed by atoms with van der Waals surface area (Å²) in [5, 5.41) is 5.11. The molecule has 1 aromatic heterocycles. The third kappa shape index (κ3) is 4.07. The van der Waals surface area contributed by atoms with Crippen LogP contribution in [0, 0.1) is 0 Å². The number of carbonyl (C=O) groups is 1. The molecule has 4 nitrogen and oxygen atoms in total. The molecule has 3 rings (SSSR count). The second kappa shape index (κ2) is 7.40. The lowest BCUT2D eigenvalue weighted by Crippen LogP contribution is -2.42. The van der Waals surface area contributed by atoms with Gasteiger partial charge in [-0.3, -0.25) is 4.79 Å². The molecule has 116 valence electrons. The Morgan fingerprint density at radius 2 is 2.18 bits per heavy atom. The number of nitrogens with one attached hydrogen (secondary N) is 1. The van der Waals surface area contributed by atoms with E-state index in [1.807, 2.05) is 35.7 Å². The molecule has 1 heterocycles. The van der Waals surface area contributed by atoms with E-state index in [1.54, 1.807) is 16.8 Å². The van der Waals surface area contributed by atoms with Crippen molar-refractivity contribution >= 4 is 17.2 Å². The first kappa shape index (κ1) is 15.0. The van der Waals surface area contributed by atoms with Crippen molar-refractivity contribution in [1.29, 1.82) is 0 Å². The lowest BCUT2D eigenvalue weighted by molar-refractivity contribution is -0.122. The maximum atomic E-state index is 12.1. The SMILES string of the molecule is O=C(CCc1cscn1)N[C@@H]1CCC[C@@H]1Oc1ccccc1. The molecule has 0 bridgehead atoms. The molecule has 1 saturated carbocycles. The van der Waals surface area contributed by atoms with E-state index in [4.69, 9.17) is 4.74 Å². The zero-order valence-corrected chi connectivity index (χ0v) is 13.2. The number of para-hydroxylation sites is 1. The van der Waals surface area contributed by atoms with Gasteiger partial charge >= 0.3 is 0 Å². The molecule has 0 saturated heterocycles. The Morgan fingerprint density at radius 1 is 1.32 bits per heavy atom. The molecular weight excluding hydrogens is 296 g/mol. The minimum atomic E-state index is 0.0747. The fourth-order valence-corrected chi connectivity index (χ4v) is 3.38. The maximum absolute atomic E-state index is 12.1. The van der Waals surface area contributed by atoms with Crippen LogP contribution >= 0.6 is 11.3 Å². The highest BCUT2D eigenvalue weighted by molar-refractivity contribution is 7.07. The van der Waals surface area contributed by atoms with Crippen molar-refractivity contribution in [2.75, 3.05) is 0 Å². The number of hydrogen-bond acceptors (Lipinski definition) is 4. The van der Waals surface area contributed by atoms with E-state index in [-0.39, 0.29) is 18.1 Å². The normalized spacial score (nSPS) is 20.7. The number of benzene rings is 1. The highest BCUT2D eigenvalue weighted by Crippen LogP contribution is 2.24. The zero-order chi connectivity index (χ0) is 15.2. The van der Waals surface area contributed by atoms with Crippen LogP contribution < -0.4 is 10.1 Å². The van der Waals surface area contributed by atoms with Gasteiger partial charge in [0.25, 0.3) is 0 Å². The molecule has 2 aromatic rings. The van der Waals surface area contributed by atoms with Crippen LogP contribution in [0.4, 0.5) is 0 Å². The molecule has 1 aliphatic rings. The van der Waals surface area contributed by atoms with Gasteiger partial charge in [-0.1, -0.05) is 18.2 Å². The quantitative estimate of drug-likeness (QED) is 0.890. The maximum Gasteiger partial charge on any atom is 0.220 e. The lowest BCUT2D eigenvalue weighted by atomic mass is 10.2. The highest BCUT2D eigenvalue weighted by atomic mass is 32.1. The van der Waals surface area contributed by atoms with E-state index in [2.05, 4.69) is 10.3 Å². The van der Waals surface area contributed by atoms with Gasteiger partial charge in [-0.15, -0.1) is 11.3 Å². The average Bonchev–Trinajstić information content (AvgIpc) is 3.19. The Bertz CT molecular complexity index is 586. The van der Waals surface area contributed by atoms with Crippen LogP contribution in [0.2, 0.25) is 0 Å². The predicted octanol–water partition coefficient (Wildman–Crippen LogP) is 3.19. The fraction of sp³-hybridized carbons (Fsp3) is 0.412. The number of nitrogens with zero attached hydrogens (tertiary/aromatic N) is 1. The van der Waals surface area contributed by atoms with Crippen LogP contribution in [0.1, 0.15) is 31.4 Å². The van der Waals surface area contributed by atoms with Gasteiger partial charge in [0, 0.05) is 11.8 Å². The van der Waals surface area contributed by atoms with Crippen molar-refractivity contribution < 1.29 is 9.53 Å². The molecule has 0 unspecified atom stereocenters. The minimum Gasteiger partial charge on any atom is -0.488 e. The first-order chi connectivity index (χ1) is 10.8. The zero-order valence-electron chi connectivity index (χ0n) is 12.4. The summed E-state index contributed by atoms with van der Waals surface area (Å²) >= 11 is 1.56. The number of amides is 1. The molecule has 2 atom stereocenters. The second-order valence-electron chi connectivity index (χ2n) is 5.55. The smallest absolute Gasteiger partial charge is 0.220 e. The molecule has 1 N–H and O–H groups in total. The summed E-state index contributed by atoms with van der Waals surface area (Å²) in [5.41, 5.74) is 2.79. The van der Waals surface area contributed by atoms with E-state index in [0.717, 1.165) is 30.7 Å². The summed E-state index contributed by atoms with van der Waals surface area (Å²) in [7, 11) is 0. The summed E-state index contributed by atoms with van der Waals surface area (Å²) in [6.07, 6.45) is 4.33. The average molecular weight is 316 g/mol. The summed E-state index contributed by atoms with van der Waals surface area (Å²) < 4.78 is 6.01. The van der Waals surface area contributed by atoms with Gasteiger partial charge in [-0.2, -0.15) is 0 Å². The standard InChI is InChI=1S/C17H20N2O2S/c20-17(10-9-13-11-22-12-18-13)19-15-7-4-8-16(15)21-14-5-2-1-3-6-14/h1-3,5-6,11-12,15-16H,4,7-10H2,(H,19,20)/t15-,16+/m1/s1. The summed E-state index contributed by atoms with van der Waals surface area (Å²) in [4.78, 5) is 16.3. The van der Waals surface area contributed by atoms with Crippen molar-refractivity contribution in [3.8, 4) is 5.75 Å². The number of aromatic nitrogens is 1. The van der Waals surface area contributed by atoms with Crippen molar-refractivity contribution in [1.82, 2.24) is 10.3 Å². The number of aryl methyl sites for hydroxylation is 1. The Balaban J connectivity index is 1.49. The number of hydrogen-bond donors (Lipinski definition) is 1. The number of thiazole rings is 1. The molecule has 1 fully saturated rings. The summed E-state index contributed by atoms with van der Waals surface area (Å²) in [5.74, 6) is 0.956. The second-order valence-corrected chi connectivity index (χ2v) is 6.27. The van der Waals surface area contributed by atoms with Gasteiger partial charge in [0.05, 0.1) is 17.2 Å². The molecular formula is C17H20N2O2S. The monoisotopic (exact) mass is 316 g/mol. The Hall–Kier alpha value is -1.88. The van der Waals surface area contributed by atoms with Gasteiger partial charge in [0.15, 0.2) is 0 Å². The topological polar surface area (TPSA) is 51.2 Å². The molecule has 0 radical (unpaired) electrons. The van der Waals surface area contributed by atoms with E-state index >= 15 is 0 Å². The molecule has 1 amide bonds. The van der Waals surface area contributed by atoms with E-state index in [1.165, 1.54) is 0 Å². The molecule has 0 aliphatic heterocycles. The summed E-state index contributed by atoms with van der Waals surface area (Å²) in [6.45, 7) is 0. The minimum absolute atomic E-state index is 0.0747. The van der Waals surface area contributed by atoms with Crippen LogP contribution in [0.25, 0.3) is 0 Å². The van der Waals surface area contributed by atoms with Crippen LogP contribution in [-0.4, -0.2) is 23.0 Å². The van der Waals surface area contributed by atoms with Crippen molar-refractivity contribution in [3.05, 3.63) is 46.9 Å². The van der Waals surface area contributed by atoms with Gasteiger partial charge in [-0.25, -0.2) is 4.98 Å². The van der Waals surface area contributed by atoms with Gasteiger partial charge in [0.1, 0.15) is 11.9 Å². The molecule has 1 aromatic carbocycles. The molecule has 0 spiro atoms. The number of ether oxygens (including phenoxy) is 1. The van der Waals surface area contributed by atoms with Crippen LogP contribution in [0.15, 0.2) is 41.2 Å². The largest absolute Gasteiger partial charge is 0.488 e. The lowest BCUT2D eigenvalue weighted by Gasteiger charge is -2.22. The Labute approximate surface area is 134 Å². The molecule has 22 heavy (non-hydrogen) atoms. The third-order valence-corrected chi connectivity index (χ3v) is 4.56. The van der Waals surface area contributed by atoms with Gasteiger partial charge < -0.3 is 10.1 Å². The fourth-order valence-electron chi connectivity index (χ4n) is 2.79. The third-order valence-electron chi connectivity index (χ3n) is 3.92. The molecule has 1 aliphatic carbocycles. The molecule has 5 heteroatoms. The van der Waals surface area contributed by atoms with E-state index < -0.39 is 0 Å². The highest BCUT2D eigenvalue weighted by Gasteiger charge is 2.30. The number of rotatable bonds is 6. The van der Waals surface area contributed by atoms with Crippen LogP contribution in [-0.2, 0) is 11.2 Å². The first-order valence-electron chi connectivity index (χ1n) is 7.69. The van der Waals surface area contributed by atoms with Crippen molar-refractivity contribution in [2.24, 2.45) is 0 Å². The predicted molar refractivity (Wildman–Crippen MR) is 87.1 cm³/mol. The van der Waals surface area contributed by atoms with Crippen molar-refractivity contribution in [3.63, 3.8) is 0 Å². The van der Waals surface area contributed by atoms with E-state index in [0.29, 0.717) is 12.8 Å². The first-order valence-corrected chi connectivity index (χ1v) is 8.63. The van der Waals surface area contributed by atoms with Gasteiger partial charge in [-0.05, 0) is 37.8 Å². The van der Waals surface area contributed by atoms with E-state index in [9.17, 15) is 4.79 Å². The van der Waals surface area contributed by atoms with Crippen LogP contribution in [0.3, 0.4) is 0 Å². The Kier molecular flexibility index (Phi) is 5.06. The van der Waals surface area contributed by atoms with Gasteiger partial charge in [0.2, 0.25) is 5.91 Å². The van der Waals surface area contributed by atoms with Crippen LogP contribution in [0.5, 0.6) is 5.75 Å². The summed E-state index contributed by atoms with van der Waals surface area (Å²) in [6, 6.07) is 9.93.